The molecule has 2 fully saturated rings. The number of esters is 2. The number of methoxy groups -OCH3 is 1. The smallest absolute Gasteiger partial charge is 0.325 e. The molecule has 0 radical (unpaired) electrons. The van der Waals surface area contributed by atoms with Gasteiger partial charge < -0.3 is 9.47 Å². The number of benzene rings is 1. The molecule has 6 heteroatoms. The van der Waals surface area contributed by atoms with E-state index in [4.69, 9.17) is 9.47 Å². The molecule has 3 rings (SSSR count). The van der Waals surface area contributed by atoms with Crippen LogP contribution in [0.5, 0.6) is 0 Å². The molecule has 3 atom stereocenters. The third kappa shape index (κ3) is 1.78. The van der Waals surface area contributed by atoms with Crippen molar-refractivity contribution in [3.8, 4) is 0 Å². The van der Waals surface area contributed by atoms with Crippen molar-refractivity contribution in [1.82, 2.24) is 0 Å². The molecular weight excluding hydrogens is 376 g/mol. The van der Waals surface area contributed by atoms with E-state index in [1.54, 1.807) is 38.1 Å². The van der Waals surface area contributed by atoms with Crippen LogP contribution in [0.25, 0.3) is 0 Å². The van der Waals surface area contributed by atoms with E-state index in [1.807, 2.05) is 6.92 Å². The van der Waals surface area contributed by atoms with E-state index in [0.717, 1.165) is 4.47 Å². The number of ketones is 1. The molecule has 0 amide bonds. The van der Waals surface area contributed by atoms with E-state index in [1.165, 1.54) is 7.11 Å². The van der Waals surface area contributed by atoms with E-state index in [2.05, 4.69) is 15.9 Å². The van der Waals surface area contributed by atoms with Crippen LogP contribution >= 0.6 is 15.9 Å². The zero-order chi connectivity index (χ0) is 17.9. The van der Waals surface area contributed by atoms with Gasteiger partial charge in [0.1, 0.15) is 5.60 Å². The van der Waals surface area contributed by atoms with Gasteiger partial charge in [0.15, 0.2) is 11.2 Å². The first-order valence-corrected chi connectivity index (χ1v) is 8.61. The highest BCUT2D eigenvalue weighted by atomic mass is 79.9. The molecule has 0 bridgehead atoms. The van der Waals surface area contributed by atoms with Crippen molar-refractivity contribution in [2.75, 3.05) is 7.11 Å². The predicted octanol–water partition coefficient (Wildman–Crippen LogP) is 3.15. The molecular formula is C18H19BrO5. The normalized spacial score (nSPS) is 32.7. The van der Waals surface area contributed by atoms with E-state index in [-0.39, 0.29) is 5.78 Å². The summed E-state index contributed by atoms with van der Waals surface area (Å²) in [4.78, 5) is 38.5. The number of hydrogen-bond acceptors (Lipinski definition) is 5. The molecule has 1 saturated heterocycles. The number of ether oxygens (including phenoxy) is 2. The number of cyclic esters (lactones) is 1. The maximum absolute atomic E-state index is 13.3. The van der Waals surface area contributed by atoms with Gasteiger partial charge in [-0.15, -0.1) is 0 Å². The third-order valence-corrected chi connectivity index (χ3v) is 6.02. The molecule has 0 unspecified atom stereocenters. The Hall–Kier alpha value is -1.69. The molecule has 1 aromatic carbocycles. The van der Waals surface area contributed by atoms with Crippen LogP contribution in [-0.2, 0) is 19.1 Å². The number of carbonyl (C=O) groups excluding carboxylic acids is 3. The van der Waals surface area contributed by atoms with Crippen LogP contribution in [-0.4, -0.2) is 30.4 Å². The van der Waals surface area contributed by atoms with Gasteiger partial charge in [-0.2, -0.15) is 0 Å². The Morgan fingerprint density at radius 1 is 1.25 bits per heavy atom. The maximum atomic E-state index is 13.3. The monoisotopic (exact) mass is 394 g/mol. The van der Waals surface area contributed by atoms with Crippen LogP contribution in [0.3, 0.4) is 0 Å². The van der Waals surface area contributed by atoms with E-state index in [0.29, 0.717) is 12.0 Å². The van der Waals surface area contributed by atoms with Crippen molar-refractivity contribution in [3.05, 3.63) is 34.3 Å². The van der Waals surface area contributed by atoms with Crippen LogP contribution in [0.2, 0.25) is 0 Å². The van der Waals surface area contributed by atoms with Gasteiger partial charge in [-0.3, -0.25) is 14.4 Å². The minimum absolute atomic E-state index is 0.211. The quantitative estimate of drug-likeness (QED) is 0.445. The van der Waals surface area contributed by atoms with Crippen molar-refractivity contribution in [2.45, 2.75) is 32.8 Å². The Morgan fingerprint density at radius 2 is 1.83 bits per heavy atom. The molecule has 1 aromatic rings. The van der Waals surface area contributed by atoms with Gasteiger partial charge in [0.25, 0.3) is 0 Å². The number of rotatable bonds is 4. The first-order valence-electron chi connectivity index (χ1n) is 7.82. The molecule has 5 nitrogen and oxygen atoms in total. The average molecular weight is 395 g/mol. The van der Waals surface area contributed by atoms with Crippen LogP contribution < -0.4 is 0 Å². The lowest BCUT2D eigenvalue weighted by atomic mass is 9.81. The highest BCUT2D eigenvalue weighted by Crippen LogP contribution is 2.80. The van der Waals surface area contributed by atoms with Crippen LogP contribution in [0, 0.1) is 16.7 Å². The van der Waals surface area contributed by atoms with E-state index < -0.39 is 34.3 Å². The fourth-order valence-electron chi connectivity index (χ4n) is 4.68. The zero-order valence-corrected chi connectivity index (χ0v) is 15.6. The van der Waals surface area contributed by atoms with E-state index >= 15 is 0 Å². The summed E-state index contributed by atoms with van der Waals surface area (Å²) >= 11 is 3.34. The van der Waals surface area contributed by atoms with Gasteiger partial charge in [-0.05, 0) is 32.4 Å². The Balaban J connectivity index is 2.16. The largest absolute Gasteiger partial charge is 0.468 e. The number of halogens is 1. The number of hydrogen-bond donors (Lipinski definition) is 0. The fourth-order valence-corrected chi connectivity index (χ4v) is 4.95. The summed E-state index contributed by atoms with van der Waals surface area (Å²) in [6, 6.07) is 6.93. The highest BCUT2D eigenvalue weighted by Gasteiger charge is 2.95. The molecule has 0 N–H and O–H groups in total. The number of Topliss-reactive ketones (excluding diaryl/α,β-unsaturated/α-hetero) is 1. The summed E-state index contributed by atoms with van der Waals surface area (Å²) in [5, 5.41) is 0. The SMILES string of the molecule is CC[C@]1(C(=O)c2ccc(Br)cc2)[C@@H]2C(C)(C)OC(=O)[C@]21C(=O)OC. The van der Waals surface area contributed by atoms with Crippen LogP contribution in [0.15, 0.2) is 28.7 Å². The first kappa shape index (κ1) is 17.1. The Kier molecular flexibility index (Phi) is 3.68. The lowest BCUT2D eigenvalue weighted by Crippen LogP contribution is -2.40. The van der Waals surface area contributed by atoms with Crippen molar-refractivity contribution in [3.63, 3.8) is 0 Å². The van der Waals surface area contributed by atoms with Crippen LogP contribution in [0.1, 0.15) is 37.6 Å². The summed E-state index contributed by atoms with van der Waals surface area (Å²) in [5.74, 6) is -2.08. The Bertz CT molecular complexity index is 738. The van der Waals surface area contributed by atoms with Crippen molar-refractivity contribution in [2.24, 2.45) is 16.7 Å². The first-order chi connectivity index (χ1) is 11.2. The second kappa shape index (κ2) is 5.15. The second-order valence-electron chi connectivity index (χ2n) is 6.89. The molecule has 2 aliphatic rings. The topological polar surface area (TPSA) is 69.7 Å². The average Bonchev–Trinajstić information content (AvgIpc) is 3.14. The van der Waals surface area contributed by atoms with Gasteiger partial charge in [0.2, 0.25) is 0 Å². The maximum Gasteiger partial charge on any atom is 0.325 e. The Labute approximate surface area is 148 Å². The molecule has 1 aliphatic carbocycles. The van der Waals surface area contributed by atoms with Gasteiger partial charge in [0.05, 0.1) is 12.5 Å². The van der Waals surface area contributed by atoms with Gasteiger partial charge >= 0.3 is 11.9 Å². The second-order valence-corrected chi connectivity index (χ2v) is 7.80. The van der Waals surface area contributed by atoms with E-state index in [9.17, 15) is 14.4 Å². The third-order valence-electron chi connectivity index (χ3n) is 5.50. The van der Waals surface area contributed by atoms with Crippen molar-refractivity contribution >= 4 is 33.7 Å². The highest BCUT2D eigenvalue weighted by molar-refractivity contribution is 9.10. The van der Waals surface area contributed by atoms with Gasteiger partial charge in [-0.1, -0.05) is 35.0 Å². The molecule has 24 heavy (non-hydrogen) atoms. The van der Waals surface area contributed by atoms with Crippen molar-refractivity contribution in [1.29, 1.82) is 0 Å². The summed E-state index contributed by atoms with van der Waals surface area (Å²) in [6.45, 7) is 5.31. The summed E-state index contributed by atoms with van der Waals surface area (Å²) in [5.41, 5.74) is -3.08. The number of carbonyl (C=O) groups is 3. The number of fused-ring (bicyclic) bond motifs is 1. The minimum atomic E-state index is -1.54. The molecule has 0 spiro atoms. The standard InChI is InChI=1S/C18H19BrO5/c1-5-17(12(20)10-6-8-11(19)9-7-10)13-16(2,3)24-15(22)18(13,17)14(21)23-4/h6-9,13H,5H2,1-4H3/t13-,17-,18+/m0/s1. The minimum Gasteiger partial charge on any atom is -0.468 e. The predicted molar refractivity (Wildman–Crippen MR) is 89.3 cm³/mol. The molecule has 1 saturated carbocycles. The van der Waals surface area contributed by atoms with Crippen molar-refractivity contribution < 1.29 is 23.9 Å². The fraction of sp³-hybridized carbons (Fsp3) is 0.500. The summed E-state index contributed by atoms with van der Waals surface area (Å²) in [6.07, 6.45) is 0.361. The van der Waals surface area contributed by atoms with Gasteiger partial charge in [0, 0.05) is 16.0 Å². The summed E-state index contributed by atoms with van der Waals surface area (Å²) < 4.78 is 11.2. The zero-order valence-electron chi connectivity index (χ0n) is 14.0. The molecule has 1 heterocycles. The Morgan fingerprint density at radius 3 is 2.33 bits per heavy atom. The molecule has 0 aromatic heterocycles. The lowest BCUT2D eigenvalue weighted by molar-refractivity contribution is -0.165. The van der Waals surface area contributed by atoms with Gasteiger partial charge in [-0.25, -0.2) is 0 Å². The molecule has 128 valence electrons. The van der Waals surface area contributed by atoms with Crippen LogP contribution in [0.4, 0.5) is 0 Å². The summed E-state index contributed by atoms with van der Waals surface area (Å²) in [7, 11) is 1.23. The molecule has 1 aliphatic heterocycles. The lowest BCUT2D eigenvalue weighted by Gasteiger charge is -2.28.